The summed E-state index contributed by atoms with van der Waals surface area (Å²) in [5.74, 6) is -0.323. The highest BCUT2D eigenvalue weighted by Crippen LogP contribution is 2.32. The lowest BCUT2D eigenvalue weighted by molar-refractivity contribution is -0.142. The van der Waals surface area contributed by atoms with Gasteiger partial charge in [-0.2, -0.15) is 23.4 Å². The van der Waals surface area contributed by atoms with Crippen LogP contribution < -0.4 is 5.32 Å². The first-order valence-corrected chi connectivity index (χ1v) is 10.5. The van der Waals surface area contributed by atoms with Crippen molar-refractivity contribution in [2.75, 3.05) is 6.54 Å². The van der Waals surface area contributed by atoms with Crippen LogP contribution >= 0.6 is 11.6 Å². The van der Waals surface area contributed by atoms with Crippen LogP contribution in [0.15, 0.2) is 48.8 Å². The number of nitrogens with one attached hydrogen (secondary N) is 1. The van der Waals surface area contributed by atoms with E-state index in [1.165, 1.54) is 16.9 Å². The molecule has 0 fully saturated rings. The summed E-state index contributed by atoms with van der Waals surface area (Å²) in [6.07, 6.45) is -1.63. The number of hydrogen-bond donors (Lipinski definition) is 1. The lowest BCUT2D eigenvalue weighted by atomic mass is 10.0. The number of benzene rings is 1. The molecule has 0 unspecified atom stereocenters. The van der Waals surface area contributed by atoms with Gasteiger partial charge in [0.1, 0.15) is 0 Å². The maximum atomic E-state index is 13.8. The summed E-state index contributed by atoms with van der Waals surface area (Å²) in [5.41, 5.74) is 0.498. The van der Waals surface area contributed by atoms with Crippen molar-refractivity contribution in [1.82, 2.24) is 29.7 Å². The molecule has 11 heteroatoms. The lowest BCUT2D eigenvalue weighted by Crippen LogP contribution is -2.27. The van der Waals surface area contributed by atoms with Crippen molar-refractivity contribution in [2.45, 2.75) is 32.5 Å². The van der Waals surface area contributed by atoms with Gasteiger partial charge in [0.05, 0.1) is 23.5 Å². The molecule has 1 N–H and O–H groups in total. The minimum absolute atomic E-state index is 0.0724. The molecule has 33 heavy (non-hydrogen) atoms. The molecule has 0 aliphatic carbocycles. The quantitative estimate of drug-likeness (QED) is 0.433. The summed E-state index contributed by atoms with van der Waals surface area (Å²) in [6, 6.07) is 9.37. The molecule has 3 aromatic heterocycles. The van der Waals surface area contributed by atoms with Crippen molar-refractivity contribution < 1.29 is 18.0 Å². The highest BCUT2D eigenvalue weighted by molar-refractivity contribution is 6.30. The van der Waals surface area contributed by atoms with Gasteiger partial charge < -0.3 is 5.32 Å². The number of fused-ring (bicyclic) bond motifs is 1. The molecule has 4 aromatic rings. The first-order valence-electron chi connectivity index (χ1n) is 10.2. The Bertz CT molecular complexity index is 1290. The molecule has 1 aromatic carbocycles. The van der Waals surface area contributed by atoms with Crippen LogP contribution in [0.2, 0.25) is 5.02 Å². The molecule has 0 atom stereocenters. The molecule has 0 saturated carbocycles. The fraction of sp³-hybridized carbons (Fsp3) is 0.273. The van der Waals surface area contributed by atoms with Gasteiger partial charge in [-0.25, -0.2) is 9.50 Å². The van der Waals surface area contributed by atoms with Gasteiger partial charge in [-0.05, 0) is 17.5 Å². The molecule has 0 aliphatic heterocycles. The second-order valence-electron chi connectivity index (χ2n) is 7.78. The van der Waals surface area contributed by atoms with Crippen LogP contribution in [-0.2, 0) is 12.7 Å². The number of aromatic nitrogens is 5. The molecular weight excluding hydrogens is 457 g/mol. The molecule has 0 aliphatic rings. The molecule has 0 bridgehead atoms. The van der Waals surface area contributed by atoms with Gasteiger partial charge in [0.25, 0.3) is 5.91 Å². The Morgan fingerprint density at radius 3 is 2.52 bits per heavy atom. The summed E-state index contributed by atoms with van der Waals surface area (Å²) in [4.78, 5) is 16.8. The van der Waals surface area contributed by atoms with E-state index in [4.69, 9.17) is 11.6 Å². The van der Waals surface area contributed by atoms with Crippen molar-refractivity contribution in [3.63, 3.8) is 0 Å². The largest absolute Gasteiger partial charge is 0.433 e. The first kappa shape index (κ1) is 22.8. The van der Waals surface area contributed by atoms with E-state index in [0.29, 0.717) is 27.6 Å². The minimum Gasteiger partial charge on any atom is -0.349 e. The number of nitrogens with zero attached hydrogens (tertiary/aromatic N) is 5. The zero-order valence-electron chi connectivity index (χ0n) is 17.8. The maximum absolute atomic E-state index is 13.8. The molecule has 172 valence electrons. The predicted molar refractivity (Wildman–Crippen MR) is 117 cm³/mol. The Balaban J connectivity index is 1.63. The van der Waals surface area contributed by atoms with E-state index in [9.17, 15) is 18.0 Å². The lowest BCUT2D eigenvalue weighted by Gasteiger charge is -2.11. The molecule has 3 heterocycles. The highest BCUT2D eigenvalue weighted by Gasteiger charge is 2.35. The van der Waals surface area contributed by atoms with Crippen LogP contribution in [0.5, 0.6) is 0 Å². The highest BCUT2D eigenvalue weighted by atomic mass is 35.5. The second kappa shape index (κ2) is 8.86. The molecular formula is C22H20ClF3N6O. The Labute approximate surface area is 192 Å². The Morgan fingerprint density at radius 1 is 1.18 bits per heavy atom. The summed E-state index contributed by atoms with van der Waals surface area (Å²) < 4.78 is 43.5. The van der Waals surface area contributed by atoms with Crippen LogP contribution in [0.1, 0.15) is 41.5 Å². The average molecular weight is 477 g/mol. The molecule has 0 radical (unpaired) electrons. The Hall–Kier alpha value is -3.40. The average Bonchev–Trinajstić information content (AvgIpc) is 3.38. The standard InChI is InChI=1S/C22H20ClF3N6O/c1-13(2)14-3-5-15(6-4-14)17-9-19(22(24,25)26)32-20(29-17)10-18(30-32)21(33)27-7-8-31-12-16(23)11-28-31/h3-6,9-13H,7-8H2,1-2H3,(H,27,33). The normalized spacial score (nSPS) is 12.0. The Morgan fingerprint density at radius 2 is 1.91 bits per heavy atom. The van der Waals surface area contributed by atoms with E-state index >= 15 is 0 Å². The number of halogens is 4. The predicted octanol–water partition coefficient (Wildman–Crippen LogP) is 4.82. The van der Waals surface area contributed by atoms with E-state index in [1.807, 2.05) is 26.0 Å². The van der Waals surface area contributed by atoms with Crippen LogP contribution in [0, 0.1) is 0 Å². The summed E-state index contributed by atoms with van der Waals surface area (Å²) >= 11 is 5.79. The summed E-state index contributed by atoms with van der Waals surface area (Å²) in [5, 5.41) is 10.9. The van der Waals surface area contributed by atoms with Crippen molar-refractivity contribution in [3.05, 3.63) is 70.8 Å². The monoisotopic (exact) mass is 476 g/mol. The van der Waals surface area contributed by atoms with Crippen LogP contribution in [0.25, 0.3) is 16.9 Å². The van der Waals surface area contributed by atoms with Crippen molar-refractivity contribution in [2.24, 2.45) is 0 Å². The zero-order valence-corrected chi connectivity index (χ0v) is 18.5. The molecule has 0 spiro atoms. The number of carbonyl (C=O) groups excluding carboxylic acids is 1. The smallest absolute Gasteiger partial charge is 0.349 e. The number of amides is 1. The van der Waals surface area contributed by atoms with E-state index in [1.54, 1.807) is 18.3 Å². The van der Waals surface area contributed by atoms with E-state index in [2.05, 4.69) is 20.5 Å². The number of carbonyl (C=O) groups is 1. The van der Waals surface area contributed by atoms with Crippen LogP contribution in [0.3, 0.4) is 0 Å². The van der Waals surface area contributed by atoms with E-state index in [-0.39, 0.29) is 23.6 Å². The van der Waals surface area contributed by atoms with E-state index in [0.717, 1.165) is 11.6 Å². The van der Waals surface area contributed by atoms with Gasteiger partial charge in [0, 0.05) is 24.4 Å². The third-order valence-electron chi connectivity index (χ3n) is 5.05. The second-order valence-corrected chi connectivity index (χ2v) is 8.21. The summed E-state index contributed by atoms with van der Waals surface area (Å²) in [6.45, 7) is 4.60. The number of alkyl halides is 3. The van der Waals surface area contributed by atoms with Crippen LogP contribution in [0.4, 0.5) is 13.2 Å². The van der Waals surface area contributed by atoms with Crippen molar-refractivity contribution in [1.29, 1.82) is 0 Å². The minimum atomic E-state index is -4.69. The summed E-state index contributed by atoms with van der Waals surface area (Å²) in [7, 11) is 0. The zero-order chi connectivity index (χ0) is 23.8. The number of hydrogen-bond acceptors (Lipinski definition) is 4. The third kappa shape index (κ3) is 5.00. The fourth-order valence-corrected chi connectivity index (χ4v) is 3.47. The SMILES string of the molecule is CC(C)c1ccc(-c2cc(C(F)(F)F)n3nc(C(=O)NCCn4cc(Cl)cn4)cc3n2)cc1. The molecule has 1 amide bonds. The molecule has 4 rings (SSSR count). The third-order valence-corrected chi connectivity index (χ3v) is 5.25. The van der Waals surface area contributed by atoms with E-state index < -0.39 is 17.8 Å². The van der Waals surface area contributed by atoms with Crippen LogP contribution in [-0.4, -0.2) is 36.8 Å². The van der Waals surface area contributed by atoms with Gasteiger partial charge >= 0.3 is 6.18 Å². The maximum Gasteiger partial charge on any atom is 0.433 e. The van der Waals surface area contributed by atoms with Crippen molar-refractivity contribution in [3.8, 4) is 11.3 Å². The van der Waals surface area contributed by atoms with Gasteiger partial charge in [0.2, 0.25) is 0 Å². The number of rotatable bonds is 6. The first-order chi connectivity index (χ1) is 15.6. The molecule has 7 nitrogen and oxygen atoms in total. The Kier molecular flexibility index (Phi) is 6.11. The van der Waals surface area contributed by atoms with Gasteiger partial charge in [-0.15, -0.1) is 0 Å². The van der Waals surface area contributed by atoms with Gasteiger partial charge in [-0.1, -0.05) is 49.7 Å². The molecule has 0 saturated heterocycles. The van der Waals surface area contributed by atoms with Crippen molar-refractivity contribution >= 4 is 23.2 Å². The van der Waals surface area contributed by atoms with Gasteiger partial charge in [0.15, 0.2) is 17.0 Å². The topological polar surface area (TPSA) is 77.1 Å². The van der Waals surface area contributed by atoms with Gasteiger partial charge in [-0.3, -0.25) is 9.48 Å². The fourth-order valence-electron chi connectivity index (χ4n) is 3.31.